The third-order valence-corrected chi connectivity index (χ3v) is 6.23. The third kappa shape index (κ3) is 5.03. The second-order valence-corrected chi connectivity index (χ2v) is 8.84. The summed E-state index contributed by atoms with van der Waals surface area (Å²) in [5.74, 6) is 1.68. The number of rotatable bonds is 7. The van der Waals surface area contributed by atoms with E-state index in [1.807, 2.05) is 22.2 Å². The number of piperidine rings is 1. The maximum absolute atomic E-state index is 12.2. The van der Waals surface area contributed by atoms with Gasteiger partial charge in [-0.15, -0.1) is 11.3 Å². The predicted octanol–water partition coefficient (Wildman–Crippen LogP) is 4.06. The standard InChI is InChI=1S/C19H23N5O2S2/c1-13-3-2-7-24(9-13)10-15-12-28-19(20-15)21-16(25)4-5-17-22-18(23-26-17)14-6-8-27-11-14/h6,8,11-13H,2-5,7,9-10H2,1H3,(H,20,21,25). The molecule has 1 aliphatic rings. The van der Waals surface area contributed by atoms with Crippen LogP contribution < -0.4 is 5.32 Å². The number of hydrogen-bond acceptors (Lipinski definition) is 8. The number of aryl methyl sites for hydroxylation is 1. The Morgan fingerprint density at radius 3 is 3.14 bits per heavy atom. The lowest BCUT2D eigenvalue weighted by molar-refractivity contribution is -0.116. The number of nitrogens with one attached hydrogen (secondary N) is 1. The fourth-order valence-corrected chi connectivity index (χ4v) is 4.72. The minimum atomic E-state index is -0.0946. The smallest absolute Gasteiger partial charge is 0.227 e. The molecule has 0 saturated carbocycles. The Labute approximate surface area is 171 Å². The van der Waals surface area contributed by atoms with Crippen molar-refractivity contribution in [1.29, 1.82) is 0 Å². The van der Waals surface area contributed by atoms with Crippen molar-refractivity contribution in [3.05, 3.63) is 33.8 Å². The summed E-state index contributed by atoms with van der Waals surface area (Å²) >= 11 is 3.05. The molecule has 0 radical (unpaired) electrons. The largest absolute Gasteiger partial charge is 0.339 e. The van der Waals surface area contributed by atoms with Crippen LogP contribution in [0, 0.1) is 5.92 Å². The molecule has 4 heterocycles. The average Bonchev–Trinajstić information content (AvgIpc) is 3.42. The van der Waals surface area contributed by atoms with Crippen LogP contribution in [0.1, 0.15) is 37.8 Å². The number of carbonyl (C=O) groups is 1. The Balaban J connectivity index is 1.24. The van der Waals surface area contributed by atoms with Crippen molar-refractivity contribution in [3.8, 4) is 11.4 Å². The molecule has 1 unspecified atom stereocenters. The summed E-state index contributed by atoms with van der Waals surface area (Å²) in [6.07, 6.45) is 3.25. The van der Waals surface area contributed by atoms with Gasteiger partial charge in [-0.25, -0.2) is 4.98 Å². The molecule has 0 aromatic carbocycles. The molecule has 28 heavy (non-hydrogen) atoms. The van der Waals surface area contributed by atoms with Crippen LogP contribution in [0.25, 0.3) is 11.4 Å². The van der Waals surface area contributed by atoms with Crippen molar-refractivity contribution in [2.75, 3.05) is 18.4 Å². The van der Waals surface area contributed by atoms with Gasteiger partial charge < -0.3 is 9.84 Å². The molecule has 1 fully saturated rings. The first-order valence-corrected chi connectivity index (χ1v) is 11.3. The molecule has 9 heteroatoms. The van der Waals surface area contributed by atoms with E-state index >= 15 is 0 Å². The van der Waals surface area contributed by atoms with Crippen LogP contribution in [0.3, 0.4) is 0 Å². The number of anilines is 1. The molecule has 3 aromatic rings. The van der Waals surface area contributed by atoms with Gasteiger partial charge in [0.15, 0.2) is 5.13 Å². The highest BCUT2D eigenvalue weighted by Crippen LogP contribution is 2.22. The topological polar surface area (TPSA) is 84.2 Å². The normalized spacial score (nSPS) is 17.7. The van der Waals surface area contributed by atoms with Gasteiger partial charge in [-0.05, 0) is 36.8 Å². The SMILES string of the molecule is CC1CCCN(Cc2csc(NC(=O)CCc3nc(-c4ccsc4)no3)n2)C1. The molecule has 4 rings (SSSR count). The molecule has 0 spiro atoms. The van der Waals surface area contributed by atoms with Crippen LogP contribution in [-0.2, 0) is 17.8 Å². The van der Waals surface area contributed by atoms with E-state index in [1.54, 1.807) is 11.3 Å². The quantitative estimate of drug-likeness (QED) is 0.624. The molecule has 1 aliphatic heterocycles. The molecule has 0 aliphatic carbocycles. The Morgan fingerprint density at radius 1 is 1.39 bits per heavy atom. The molecule has 1 N–H and O–H groups in total. The van der Waals surface area contributed by atoms with E-state index in [1.165, 1.54) is 24.2 Å². The van der Waals surface area contributed by atoms with Crippen molar-refractivity contribution < 1.29 is 9.32 Å². The van der Waals surface area contributed by atoms with Gasteiger partial charge in [-0.1, -0.05) is 12.1 Å². The monoisotopic (exact) mass is 417 g/mol. The van der Waals surface area contributed by atoms with Crippen LogP contribution >= 0.6 is 22.7 Å². The first-order valence-electron chi connectivity index (χ1n) is 9.47. The number of likely N-dealkylation sites (tertiary alicyclic amines) is 1. The first-order chi connectivity index (χ1) is 13.7. The number of amides is 1. The van der Waals surface area contributed by atoms with Crippen LogP contribution in [0.4, 0.5) is 5.13 Å². The van der Waals surface area contributed by atoms with Crippen molar-refractivity contribution >= 4 is 33.7 Å². The summed E-state index contributed by atoms with van der Waals surface area (Å²) < 4.78 is 5.23. The average molecular weight is 418 g/mol. The van der Waals surface area contributed by atoms with Gasteiger partial charge in [0, 0.05) is 42.3 Å². The highest BCUT2D eigenvalue weighted by molar-refractivity contribution is 7.13. The minimum Gasteiger partial charge on any atom is -0.339 e. The number of hydrogen-bond donors (Lipinski definition) is 1. The maximum atomic E-state index is 12.2. The highest BCUT2D eigenvalue weighted by atomic mass is 32.1. The summed E-state index contributed by atoms with van der Waals surface area (Å²) in [7, 11) is 0. The number of aromatic nitrogens is 3. The molecule has 148 valence electrons. The second-order valence-electron chi connectivity index (χ2n) is 7.20. The molecule has 0 bridgehead atoms. The van der Waals surface area contributed by atoms with E-state index in [9.17, 15) is 4.79 Å². The zero-order valence-electron chi connectivity index (χ0n) is 15.8. The molecule has 1 saturated heterocycles. The lowest BCUT2D eigenvalue weighted by Crippen LogP contribution is -2.33. The van der Waals surface area contributed by atoms with Gasteiger partial charge in [0.05, 0.1) is 5.69 Å². The van der Waals surface area contributed by atoms with Gasteiger partial charge in [0.25, 0.3) is 0 Å². The van der Waals surface area contributed by atoms with E-state index in [0.717, 1.165) is 36.8 Å². The number of thiophene rings is 1. The van der Waals surface area contributed by atoms with E-state index in [2.05, 4.69) is 32.3 Å². The van der Waals surface area contributed by atoms with Gasteiger partial charge >= 0.3 is 0 Å². The Bertz CT molecular complexity index is 905. The van der Waals surface area contributed by atoms with Gasteiger partial charge in [-0.2, -0.15) is 16.3 Å². The summed E-state index contributed by atoms with van der Waals surface area (Å²) in [6, 6.07) is 1.94. The lowest BCUT2D eigenvalue weighted by Gasteiger charge is -2.30. The molecule has 7 nitrogen and oxygen atoms in total. The number of carbonyl (C=O) groups excluding carboxylic acids is 1. The maximum Gasteiger partial charge on any atom is 0.227 e. The van der Waals surface area contributed by atoms with Crippen LogP contribution in [-0.4, -0.2) is 39.0 Å². The minimum absolute atomic E-state index is 0.0946. The first kappa shape index (κ1) is 19.2. The summed E-state index contributed by atoms with van der Waals surface area (Å²) in [4.78, 5) is 23.6. The van der Waals surface area contributed by atoms with Crippen molar-refractivity contribution in [3.63, 3.8) is 0 Å². The molecule has 1 atom stereocenters. The second kappa shape index (κ2) is 8.93. The Hall–Kier alpha value is -2.10. The molecular weight excluding hydrogens is 394 g/mol. The van der Waals surface area contributed by atoms with Crippen LogP contribution in [0.2, 0.25) is 0 Å². The predicted molar refractivity (Wildman–Crippen MR) is 110 cm³/mol. The van der Waals surface area contributed by atoms with Crippen molar-refractivity contribution in [1.82, 2.24) is 20.0 Å². The summed E-state index contributed by atoms with van der Waals surface area (Å²) in [5, 5.41) is 13.4. The van der Waals surface area contributed by atoms with E-state index in [0.29, 0.717) is 23.3 Å². The van der Waals surface area contributed by atoms with Crippen LogP contribution in [0.5, 0.6) is 0 Å². The van der Waals surface area contributed by atoms with Crippen molar-refractivity contribution in [2.24, 2.45) is 5.92 Å². The number of thiazole rings is 1. The Morgan fingerprint density at radius 2 is 2.32 bits per heavy atom. The zero-order valence-corrected chi connectivity index (χ0v) is 17.4. The molecule has 1 amide bonds. The summed E-state index contributed by atoms with van der Waals surface area (Å²) in [5.41, 5.74) is 1.95. The number of nitrogens with zero attached hydrogens (tertiary/aromatic N) is 4. The zero-order chi connectivity index (χ0) is 19.3. The Kier molecular flexibility index (Phi) is 6.13. The van der Waals surface area contributed by atoms with E-state index in [-0.39, 0.29) is 12.3 Å². The van der Waals surface area contributed by atoms with Gasteiger partial charge in [0.2, 0.25) is 17.6 Å². The van der Waals surface area contributed by atoms with Crippen LogP contribution in [0.15, 0.2) is 26.7 Å². The van der Waals surface area contributed by atoms with E-state index < -0.39 is 0 Å². The highest BCUT2D eigenvalue weighted by Gasteiger charge is 2.18. The van der Waals surface area contributed by atoms with Crippen molar-refractivity contribution in [2.45, 2.75) is 39.2 Å². The molecular formula is C19H23N5O2S2. The summed E-state index contributed by atoms with van der Waals surface area (Å²) in [6.45, 7) is 5.40. The molecule has 3 aromatic heterocycles. The fraction of sp³-hybridized carbons (Fsp3) is 0.474. The fourth-order valence-electron chi connectivity index (χ4n) is 3.36. The van der Waals surface area contributed by atoms with Gasteiger partial charge in [0.1, 0.15) is 0 Å². The van der Waals surface area contributed by atoms with Gasteiger partial charge in [-0.3, -0.25) is 9.69 Å². The third-order valence-electron chi connectivity index (χ3n) is 4.74. The van der Waals surface area contributed by atoms with E-state index in [4.69, 9.17) is 4.52 Å². The lowest BCUT2D eigenvalue weighted by atomic mass is 10.0.